The van der Waals surface area contributed by atoms with Gasteiger partial charge in [0.1, 0.15) is 17.3 Å². The molecular weight excluding hydrogens is 468 g/mol. The van der Waals surface area contributed by atoms with E-state index in [1.54, 1.807) is 42.5 Å². The predicted molar refractivity (Wildman–Crippen MR) is 145 cm³/mol. The van der Waals surface area contributed by atoms with E-state index >= 15 is 0 Å². The summed E-state index contributed by atoms with van der Waals surface area (Å²) in [6.07, 6.45) is 0.837. The highest BCUT2D eigenvalue weighted by atomic mass is 16.5. The molecule has 192 valence electrons. The Morgan fingerprint density at radius 3 is 2.24 bits per heavy atom. The summed E-state index contributed by atoms with van der Waals surface area (Å²) < 4.78 is 11.4. The van der Waals surface area contributed by atoms with Crippen LogP contribution in [0.4, 0.5) is 11.4 Å². The molecule has 7 nitrogen and oxygen atoms in total. The summed E-state index contributed by atoms with van der Waals surface area (Å²) in [6, 6.07) is 20.7. The lowest BCUT2D eigenvalue weighted by Crippen LogP contribution is -2.29. The van der Waals surface area contributed by atoms with Crippen molar-refractivity contribution >= 4 is 28.8 Å². The fraction of sp³-hybridized carbons (Fsp3) is 0.267. The smallest absolute Gasteiger partial charge is 0.300 e. The van der Waals surface area contributed by atoms with Gasteiger partial charge in [0.2, 0.25) is 0 Å². The lowest BCUT2D eigenvalue weighted by atomic mass is 9.95. The summed E-state index contributed by atoms with van der Waals surface area (Å²) in [5, 5.41) is 11.4. The van der Waals surface area contributed by atoms with Crippen LogP contribution in [0, 0.1) is 0 Å². The molecule has 1 aliphatic rings. The van der Waals surface area contributed by atoms with Crippen molar-refractivity contribution in [3.8, 4) is 11.5 Å². The zero-order valence-electron chi connectivity index (χ0n) is 21.6. The van der Waals surface area contributed by atoms with Gasteiger partial charge in [-0.1, -0.05) is 31.2 Å². The second-order valence-corrected chi connectivity index (χ2v) is 8.96. The minimum absolute atomic E-state index is 0.0166. The van der Waals surface area contributed by atoms with Crippen LogP contribution in [0.1, 0.15) is 37.4 Å². The first-order valence-electron chi connectivity index (χ1n) is 12.4. The first kappa shape index (κ1) is 25.8. The number of aliphatic hydroxyl groups is 1. The molecule has 0 spiro atoms. The number of rotatable bonds is 9. The fourth-order valence-electron chi connectivity index (χ4n) is 4.38. The Morgan fingerprint density at radius 2 is 1.59 bits per heavy atom. The van der Waals surface area contributed by atoms with Gasteiger partial charge in [0.25, 0.3) is 11.7 Å². The van der Waals surface area contributed by atoms with Crippen molar-refractivity contribution in [3.05, 3.63) is 89.5 Å². The number of ether oxygens (including phenoxy) is 2. The average molecular weight is 501 g/mol. The van der Waals surface area contributed by atoms with Crippen molar-refractivity contribution < 1.29 is 24.2 Å². The van der Waals surface area contributed by atoms with Crippen LogP contribution < -0.4 is 19.3 Å². The summed E-state index contributed by atoms with van der Waals surface area (Å²) in [4.78, 5) is 30.3. The lowest BCUT2D eigenvalue weighted by Gasteiger charge is -2.26. The number of nitrogens with zero attached hydrogens (tertiary/aromatic N) is 2. The average Bonchev–Trinajstić information content (AvgIpc) is 3.17. The summed E-state index contributed by atoms with van der Waals surface area (Å²) in [5.41, 5.74) is 2.59. The zero-order valence-corrected chi connectivity index (χ0v) is 21.6. The summed E-state index contributed by atoms with van der Waals surface area (Å²) in [7, 11) is 3.86. The number of carbonyl (C=O) groups excluding carboxylic acids is 2. The maximum Gasteiger partial charge on any atom is 0.300 e. The molecule has 0 bridgehead atoms. The highest BCUT2D eigenvalue weighted by molar-refractivity contribution is 6.51. The Balaban J connectivity index is 1.88. The Kier molecular flexibility index (Phi) is 7.82. The number of ketones is 1. The Morgan fingerprint density at radius 1 is 0.919 bits per heavy atom. The molecule has 1 amide bonds. The van der Waals surface area contributed by atoms with Gasteiger partial charge in [-0.05, 0) is 67.4 Å². The zero-order chi connectivity index (χ0) is 26.5. The molecule has 1 N–H and O–H groups in total. The van der Waals surface area contributed by atoms with E-state index in [2.05, 4.69) is 0 Å². The van der Waals surface area contributed by atoms with Gasteiger partial charge in [0.05, 0.1) is 24.8 Å². The molecule has 3 aromatic carbocycles. The first-order valence-corrected chi connectivity index (χ1v) is 12.4. The van der Waals surface area contributed by atoms with Gasteiger partial charge in [-0.3, -0.25) is 14.5 Å². The predicted octanol–water partition coefficient (Wildman–Crippen LogP) is 5.57. The largest absolute Gasteiger partial charge is 0.507 e. The third kappa shape index (κ3) is 5.31. The van der Waals surface area contributed by atoms with Crippen LogP contribution >= 0.6 is 0 Å². The van der Waals surface area contributed by atoms with Gasteiger partial charge in [0, 0.05) is 31.0 Å². The molecule has 0 aromatic heterocycles. The Bertz CT molecular complexity index is 1310. The van der Waals surface area contributed by atoms with E-state index in [0.717, 1.165) is 12.1 Å². The van der Waals surface area contributed by atoms with Crippen molar-refractivity contribution in [1.82, 2.24) is 0 Å². The topological polar surface area (TPSA) is 79.3 Å². The first-order chi connectivity index (χ1) is 17.8. The van der Waals surface area contributed by atoms with Crippen LogP contribution in [-0.4, -0.2) is 44.1 Å². The summed E-state index contributed by atoms with van der Waals surface area (Å²) in [6.45, 7) is 4.90. The number of aliphatic hydroxyl groups excluding tert-OH is 1. The molecule has 0 aliphatic carbocycles. The minimum Gasteiger partial charge on any atom is -0.507 e. The highest BCUT2D eigenvalue weighted by Gasteiger charge is 2.47. The third-order valence-corrected chi connectivity index (χ3v) is 6.15. The standard InChI is InChI=1S/C30H32N2O5/c1-5-17-37-25-12-8-10-21(19-25)28(33)26-27(20-9-7-11-24(18-20)36-6-2)32(30(35)29(26)34)23-15-13-22(14-16-23)31(3)4/h7-16,18-19,27,33H,5-6,17H2,1-4H3/b28-26-. The number of benzene rings is 3. The molecule has 1 saturated heterocycles. The molecule has 1 unspecified atom stereocenters. The Hall–Kier alpha value is -4.26. The molecular formula is C30H32N2O5. The van der Waals surface area contributed by atoms with E-state index in [1.165, 1.54) is 4.90 Å². The van der Waals surface area contributed by atoms with Gasteiger partial charge in [0.15, 0.2) is 0 Å². The van der Waals surface area contributed by atoms with E-state index in [1.807, 2.05) is 63.2 Å². The molecule has 1 heterocycles. The number of Topliss-reactive ketones (excluding diaryl/α,β-unsaturated/α-hetero) is 1. The van der Waals surface area contributed by atoms with Gasteiger partial charge < -0.3 is 19.5 Å². The van der Waals surface area contributed by atoms with E-state index in [9.17, 15) is 14.7 Å². The van der Waals surface area contributed by atoms with Crippen molar-refractivity contribution in [2.45, 2.75) is 26.3 Å². The Labute approximate surface area is 217 Å². The van der Waals surface area contributed by atoms with E-state index in [-0.39, 0.29) is 11.3 Å². The summed E-state index contributed by atoms with van der Waals surface area (Å²) in [5.74, 6) is -0.512. The van der Waals surface area contributed by atoms with E-state index < -0.39 is 17.7 Å². The van der Waals surface area contributed by atoms with Gasteiger partial charge >= 0.3 is 0 Å². The van der Waals surface area contributed by atoms with Gasteiger partial charge in [-0.2, -0.15) is 0 Å². The highest BCUT2D eigenvalue weighted by Crippen LogP contribution is 2.43. The second kappa shape index (κ2) is 11.2. The maximum absolute atomic E-state index is 13.5. The van der Waals surface area contributed by atoms with Crippen LogP contribution in [0.25, 0.3) is 5.76 Å². The quantitative estimate of drug-likeness (QED) is 0.235. The lowest BCUT2D eigenvalue weighted by molar-refractivity contribution is -0.132. The minimum atomic E-state index is -0.842. The molecule has 7 heteroatoms. The molecule has 0 saturated carbocycles. The van der Waals surface area contributed by atoms with Gasteiger partial charge in [-0.15, -0.1) is 0 Å². The van der Waals surface area contributed by atoms with E-state index in [4.69, 9.17) is 9.47 Å². The third-order valence-electron chi connectivity index (χ3n) is 6.15. The van der Waals surface area contributed by atoms with Crippen molar-refractivity contribution in [3.63, 3.8) is 0 Å². The fourth-order valence-corrected chi connectivity index (χ4v) is 4.38. The number of amides is 1. The van der Waals surface area contributed by atoms with Gasteiger partial charge in [-0.25, -0.2) is 0 Å². The molecule has 4 rings (SSSR count). The van der Waals surface area contributed by atoms with Crippen molar-refractivity contribution in [2.75, 3.05) is 37.1 Å². The van der Waals surface area contributed by atoms with Crippen molar-refractivity contribution in [2.24, 2.45) is 0 Å². The molecule has 37 heavy (non-hydrogen) atoms. The molecule has 3 aromatic rings. The summed E-state index contributed by atoms with van der Waals surface area (Å²) >= 11 is 0. The van der Waals surface area contributed by atoms with E-state index in [0.29, 0.717) is 41.5 Å². The normalized spacial score (nSPS) is 16.6. The van der Waals surface area contributed by atoms with Crippen molar-refractivity contribution in [1.29, 1.82) is 0 Å². The number of hydrogen-bond donors (Lipinski definition) is 1. The monoisotopic (exact) mass is 500 g/mol. The number of hydrogen-bond acceptors (Lipinski definition) is 6. The number of anilines is 2. The molecule has 1 fully saturated rings. The van der Waals surface area contributed by atoms with Crippen LogP contribution in [0.15, 0.2) is 78.4 Å². The molecule has 0 radical (unpaired) electrons. The number of carbonyl (C=O) groups is 2. The van der Waals surface area contributed by atoms with Crippen LogP contribution in [-0.2, 0) is 9.59 Å². The second-order valence-electron chi connectivity index (χ2n) is 8.96. The molecule has 1 aliphatic heterocycles. The maximum atomic E-state index is 13.5. The molecule has 1 atom stereocenters. The van der Waals surface area contributed by atoms with Crippen LogP contribution in [0.2, 0.25) is 0 Å². The van der Waals surface area contributed by atoms with Crippen LogP contribution in [0.3, 0.4) is 0 Å². The SMILES string of the molecule is CCCOc1cccc(/C(O)=C2/C(=O)C(=O)N(c3ccc(N(C)C)cc3)C2c2cccc(OCC)c2)c1. The van der Waals surface area contributed by atoms with Crippen LogP contribution in [0.5, 0.6) is 11.5 Å².